The number of rotatable bonds is 6. The molecule has 2 heterocycles. The summed E-state index contributed by atoms with van der Waals surface area (Å²) in [6.45, 7) is 3.69. The number of nitrogens with zero attached hydrogens (tertiary/aromatic N) is 3. The van der Waals surface area contributed by atoms with Crippen molar-refractivity contribution < 1.29 is 14.7 Å². The van der Waals surface area contributed by atoms with E-state index in [0.29, 0.717) is 41.5 Å². The minimum atomic E-state index is -0.279. The summed E-state index contributed by atoms with van der Waals surface area (Å²) in [5.74, 6) is -0.539. The number of halogens is 1. The Bertz CT molecular complexity index is 951. The summed E-state index contributed by atoms with van der Waals surface area (Å²) in [7, 11) is 0. The number of carbonyl (C=O) groups excluding carboxylic acids is 2. The van der Waals surface area contributed by atoms with Crippen molar-refractivity contribution in [1.82, 2.24) is 14.7 Å². The van der Waals surface area contributed by atoms with Gasteiger partial charge in [0.25, 0.3) is 11.8 Å². The maximum absolute atomic E-state index is 13.4. The van der Waals surface area contributed by atoms with Gasteiger partial charge in [-0.1, -0.05) is 54.1 Å². The minimum absolute atomic E-state index is 0.112. The molecule has 0 atom stereocenters. The van der Waals surface area contributed by atoms with Gasteiger partial charge in [0.1, 0.15) is 5.70 Å². The van der Waals surface area contributed by atoms with Crippen LogP contribution in [0.3, 0.4) is 0 Å². The van der Waals surface area contributed by atoms with Crippen LogP contribution in [0, 0.1) is 0 Å². The normalized spacial score (nSPS) is 17.9. The summed E-state index contributed by atoms with van der Waals surface area (Å²) >= 11 is 6.04. The number of carbonyl (C=O) groups is 2. The van der Waals surface area contributed by atoms with Gasteiger partial charge in [0, 0.05) is 37.7 Å². The van der Waals surface area contributed by atoms with Gasteiger partial charge in [-0.2, -0.15) is 0 Å². The van der Waals surface area contributed by atoms with Crippen LogP contribution < -0.4 is 0 Å². The summed E-state index contributed by atoms with van der Waals surface area (Å²) in [6.07, 6.45) is 0. The molecule has 1 saturated heterocycles. The zero-order valence-corrected chi connectivity index (χ0v) is 17.4. The van der Waals surface area contributed by atoms with Crippen molar-refractivity contribution in [3.05, 3.63) is 76.4 Å². The molecule has 2 aliphatic rings. The number of imide groups is 1. The average molecular weight is 426 g/mol. The van der Waals surface area contributed by atoms with E-state index in [4.69, 9.17) is 11.6 Å². The van der Waals surface area contributed by atoms with Crippen molar-refractivity contribution in [3.63, 3.8) is 0 Å². The summed E-state index contributed by atoms with van der Waals surface area (Å²) in [4.78, 5) is 32.3. The predicted molar refractivity (Wildman–Crippen MR) is 115 cm³/mol. The van der Waals surface area contributed by atoms with Gasteiger partial charge in [-0.15, -0.1) is 0 Å². The van der Waals surface area contributed by atoms with Crippen molar-refractivity contribution in [2.45, 2.75) is 6.54 Å². The lowest BCUT2D eigenvalue weighted by Gasteiger charge is -2.36. The molecule has 0 unspecified atom stereocenters. The lowest BCUT2D eigenvalue weighted by Crippen LogP contribution is -2.48. The third kappa shape index (κ3) is 4.12. The van der Waals surface area contributed by atoms with Crippen molar-refractivity contribution in [1.29, 1.82) is 0 Å². The largest absolute Gasteiger partial charge is 0.395 e. The topological polar surface area (TPSA) is 64.1 Å². The van der Waals surface area contributed by atoms with Gasteiger partial charge in [0.15, 0.2) is 0 Å². The summed E-state index contributed by atoms with van der Waals surface area (Å²) < 4.78 is 0. The van der Waals surface area contributed by atoms with Gasteiger partial charge in [0.05, 0.1) is 18.7 Å². The van der Waals surface area contributed by atoms with Crippen LogP contribution >= 0.6 is 11.6 Å². The Kier molecular flexibility index (Phi) is 6.18. The van der Waals surface area contributed by atoms with Crippen LogP contribution in [0.2, 0.25) is 5.02 Å². The molecular formula is C23H24ClN3O3. The van der Waals surface area contributed by atoms with E-state index in [0.717, 1.165) is 18.7 Å². The Morgan fingerprint density at radius 1 is 0.867 bits per heavy atom. The first-order valence-electron chi connectivity index (χ1n) is 10.1. The first kappa shape index (κ1) is 20.6. The maximum Gasteiger partial charge on any atom is 0.278 e. The smallest absolute Gasteiger partial charge is 0.278 e. The highest BCUT2D eigenvalue weighted by Gasteiger charge is 2.42. The molecule has 1 fully saturated rings. The summed E-state index contributed by atoms with van der Waals surface area (Å²) in [5, 5.41) is 9.76. The Hall–Kier alpha value is -2.67. The molecule has 0 aromatic heterocycles. The molecule has 2 amide bonds. The third-order valence-electron chi connectivity index (χ3n) is 5.56. The molecular weight excluding hydrogens is 402 g/mol. The lowest BCUT2D eigenvalue weighted by atomic mass is 10.0. The Balaban J connectivity index is 1.67. The number of piperazine rings is 1. The highest BCUT2D eigenvalue weighted by atomic mass is 35.5. The lowest BCUT2D eigenvalue weighted by molar-refractivity contribution is -0.138. The number of amides is 2. The quantitative estimate of drug-likeness (QED) is 0.719. The number of aliphatic hydroxyl groups is 1. The van der Waals surface area contributed by atoms with Gasteiger partial charge in [-0.3, -0.25) is 19.4 Å². The Labute approximate surface area is 181 Å². The first-order valence-corrected chi connectivity index (χ1v) is 10.4. The standard InChI is InChI=1S/C23H24ClN3O3/c24-19-8-6-18(7-9-19)20-21(26-12-10-25(11-13-26)14-15-28)23(30)27(22(20)29)16-17-4-2-1-3-5-17/h1-9,28H,10-16H2. The van der Waals surface area contributed by atoms with E-state index in [-0.39, 0.29) is 25.0 Å². The molecule has 2 aromatic carbocycles. The number of benzene rings is 2. The number of aliphatic hydroxyl groups excluding tert-OH is 1. The first-order chi connectivity index (χ1) is 14.6. The van der Waals surface area contributed by atoms with E-state index >= 15 is 0 Å². The molecule has 6 nitrogen and oxygen atoms in total. The molecule has 30 heavy (non-hydrogen) atoms. The van der Waals surface area contributed by atoms with E-state index in [1.165, 1.54) is 4.90 Å². The number of hydrogen-bond donors (Lipinski definition) is 1. The number of hydrogen-bond acceptors (Lipinski definition) is 5. The Morgan fingerprint density at radius 2 is 1.53 bits per heavy atom. The van der Waals surface area contributed by atoms with E-state index in [2.05, 4.69) is 4.90 Å². The molecule has 156 valence electrons. The monoisotopic (exact) mass is 425 g/mol. The Morgan fingerprint density at radius 3 is 2.17 bits per heavy atom. The molecule has 0 saturated carbocycles. The van der Waals surface area contributed by atoms with Crippen molar-refractivity contribution in [3.8, 4) is 0 Å². The zero-order chi connectivity index (χ0) is 21.1. The molecule has 0 bridgehead atoms. The molecule has 0 aliphatic carbocycles. The fraction of sp³-hybridized carbons (Fsp3) is 0.304. The molecule has 1 N–H and O–H groups in total. The molecule has 2 aliphatic heterocycles. The maximum atomic E-state index is 13.4. The van der Waals surface area contributed by atoms with Crippen LogP contribution in [0.1, 0.15) is 11.1 Å². The second-order valence-corrected chi connectivity index (χ2v) is 7.90. The highest BCUT2D eigenvalue weighted by Crippen LogP contribution is 2.33. The van der Waals surface area contributed by atoms with E-state index in [1.54, 1.807) is 24.3 Å². The van der Waals surface area contributed by atoms with Crippen molar-refractivity contribution >= 4 is 29.0 Å². The van der Waals surface area contributed by atoms with Gasteiger partial charge in [0.2, 0.25) is 0 Å². The fourth-order valence-electron chi connectivity index (χ4n) is 3.98. The van der Waals surface area contributed by atoms with Crippen LogP contribution in [0.5, 0.6) is 0 Å². The second kappa shape index (κ2) is 9.00. The molecule has 2 aromatic rings. The van der Waals surface area contributed by atoms with Gasteiger partial charge in [-0.25, -0.2) is 0 Å². The van der Waals surface area contributed by atoms with E-state index in [9.17, 15) is 14.7 Å². The SMILES string of the molecule is O=C1C(c2ccc(Cl)cc2)=C(N2CCN(CCO)CC2)C(=O)N1Cc1ccccc1. The van der Waals surface area contributed by atoms with Crippen LogP contribution in [0.15, 0.2) is 60.3 Å². The zero-order valence-electron chi connectivity index (χ0n) is 16.6. The fourth-order valence-corrected chi connectivity index (χ4v) is 4.11. The van der Waals surface area contributed by atoms with E-state index < -0.39 is 0 Å². The summed E-state index contributed by atoms with van der Waals surface area (Å²) in [5.41, 5.74) is 2.50. The predicted octanol–water partition coefficient (Wildman–Crippen LogP) is 2.23. The van der Waals surface area contributed by atoms with E-state index in [1.807, 2.05) is 35.2 Å². The molecule has 0 radical (unpaired) electrons. The van der Waals surface area contributed by atoms with Crippen LogP contribution in [-0.4, -0.2) is 71.0 Å². The summed E-state index contributed by atoms with van der Waals surface area (Å²) in [6, 6.07) is 16.6. The average Bonchev–Trinajstić information content (AvgIpc) is 3.01. The second-order valence-electron chi connectivity index (χ2n) is 7.46. The molecule has 7 heteroatoms. The van der Waals surface area contributed by atoms with Crippen molar-refractivity contribution in [2.24, 2.45) is 0 Å². The van der Waals surface area contributed by atoms with Crippen molar-refractivity contribution in [2.75, 3.05) is 39.3 Å². The van der Waals surface area contributed by atoms with Gasteiger partial charge >= 0.3 is 0 Å². The highest BCUT2D eigenvalue weighted by molar-refractivity contribution is 6.35. The van der Waals surface area contributed by atoms with Crippen LogP contribution in [0.25, 0.3) is 5.57 Å². The van der Waals surface area contributed by atoms with Gasteiger partial charge in [-0.05, 0) is 23.3 Å². The number of β-amino-alcohol motifs (C(OH)–C–C–N with tert-alkyl or cyclic N) is 1. The molecule has 4 rings (SSSR count). The van der Waals surface area contributed by atoms with Crippen LogP contribution in [0.4, 0.5) is 0 Å². The third-order valence-corrected chi connectivity index (χ3v) is 5.82. The molecule has 0 spiro atoms. The minimum Gasteiger partial charge on any atom is -0.395 e. The van der Waals surface area contributed by atoms with Gasteiger partial charge < -0.3 is 10.0 Å². The van der Waals surface area contributed by atoms with Crippen LogP contribution in [-0.2, 0) is 16.1 Å².